The van der Waals surface area contributed by atoms with Gasteiger partial charge < -0.3 is 0 Å². The molecule has 2 aromatic carbocycles. The Bertz CT molecular complexity index is 1760. The number of pyridine rings is 1. The van der Waals surface area contributed by atoms with Crippen LogP contribution in [0.1, 0.15) is 78.5 Å². The highest BCUT2D eigenvalue weighted by atomic mass is 15.3. The smallest absolute Gasteiger partial charge is 0.258 e. The molecule has 2 unspecified atom stereocenters. The van der Waals surface area contributed by atoms with E-state index in [9.17, 15) is 0 Å². The molecule has 0 fully saturated rings. The topological polar surface area (TPSA) is 38.5 Å². The second-order valence-corrected chi connectivity index (χ2v) is 13.3. The summed E-state index contributed by atoms with van der Waals surface area (Å²) in [6.07, 6.45) is 8.40. The summed E-state index contributed by atoms with van der Waals surface area (Å²) in [6.45, 7) is 14.8. The molecular weight excluding hydrogens is 514 g/mol. The van der Waals surface area contributed by atoms with Crippen LogP contribution >= 0.6 is 0 Å². The van der Waals surface area contributed by atoms with Crippen molar-refractivity contribution >= 4 is 10.9 Å². The first-order valence-electron chi connectivity index (χ1n) is 15.6. The third-order valence-corrected chi connectivity index (χ3v) is 10.1. The van der Waals surface area contributed by atoms with Crippen LogP contribution < -0.4 is 9.13 Å². The van der Waals surface area contributed by atoms with E-state index in [0.717, 1.165) is 43.4 Å². The summed E-state index contributed by atoms with van der Waals surface area (Å²) >= 11 is 0. The van der Waals surface area contributed by atoms with E-state index in [2.05, 4.69) is 148 Å². The number of benzene rings is 2. The Morgan fingerprint density at radius 2 is 1.64 bits per heavy atom. The molecule has 5 heteroatoms. The summed E-state index contributed by atoms with van der Waals surface area (Å²) < 4.78 is 6.97. The van der Waals surface area contributed by atoms with Crippen LogP contribution in [0.4, 0.5) is 0 Å². The van der Waals surface area contributed by atoms with Crippen molar-refractivity contribution in [1.82, 2.24) is 14.8 Å². The van der Waals surface area contributed by atoms with Crippen LogP contribution in [0.2, 0.25) is 0 Å². The molecule has 216 valence electrons. The second-order valence-electron chi connectivity index (χ2n) is 13.3. The molecule has 0 saturated carbocycles. The summed E-state index contributed by atoms with van der Waals surface area (Å²) in [5, 5.41) is 6.41. The molecule has 3 aromatic heterocycles. The van der Waals surface area contributed by atoms with Crippen molar-refractivity contribution in [2.24, 2.45) is 7.05 Å². The summed E-state index contributed by atoms with van der Waals surface area (Å²) in [5.74, 6) is 0. The molecule has 5 nitrogen and oxygen atoms in total. The quantitative estimate of drug-likeness (QED) is 0.194. The average molecular weight is 560 g/mol. The van der Waals surface area contributed by atoms with E-state index in [1.165, 1.54) is 33.6 Å². The number of aromatic nitrogens is 5. The molecule has 4 heterocycles. The van der Waals surface area contributed by atoms with Crippen molar-refractivity contribution in [1.29, 1.82) is 0 Å². The second kappa shape index (κ2) is 10.4. The maximum atomic E-state index is 5.19. The molecule has 0 spiro atoms. The van der Waals surface area contributed by atoms with Crippen LogP contribution in [0.5, 0.6) is 0 Å². The van der Waals surface area contributed by atoms with Gasteiger partial charge in [0.1, 0.15) is 24.0 Å². The summed E-state index contributed by atoms with van der Waals surface area (Å²) in [5.41, 5.74) is 8.48. The van der Waals surface area contributed by atoms with Gasteiger partial charge in [-0.05, 0) is 67.4 Å². The molecule has 1 aliphatic heterocycles. The Hall–Kier alpha value is -3.86. The lowest BCUT2D eigenvalue weighted by Crippen LogP contribution is -2.68. The van der Waals surface area contributed by atoms with Crippen LogP contribution in [0, 0.1) is 0 Å². The maximum Gasteiger partial charge on any atom is 0.287 e. The molecule has 0 saturated heterocycles. The molecule has 42 heavy (non-hydrogen) atoms. The van der Waals surface area contributed by atoms with Gasteiger partial charge in [-0.2, -0.15) is 9.67 Å². The molecule has 0 amide bonds. The predicted octanol–water partition coefficient (Wildman–Crippen LogP) is 7.44. The number of hydrogen-bond acceptors (Lipinski definition) is 2. The van der Waals surface area contributed by atoms with Gasteiger partial charge in [0.15, 0.2) is 11.7 Å². The van der Waals surface area contributed by atoms with Gasteiger partial charge in [-0.3, -0.25) is 4.68 Å². The van der Waals surface area contributed by atoms with Gasteiger partial charge in [-0.1, -0.05) is 71.0 Å². The standard InChI is InChI=1S/C37H45N5/c1-8-36(6)37(9-2,29-19-12-10-17-27(29)34-28-18-11-13-20-30(28)38-26-41(34)36)22-16-24-42-32(25-33(39-42)35(3,4)5)31-21-14-15-23-40(31)7/h10-15,17-21,23,25-26H,8-9,16,22,24H2,1-7H3/q+2. The van der Waals surface area contributed by atoms with Crippen LogP contribution in [0.25, 0.3) is 33.5 Å². The van der Waals surface area contributed by atoms with E-state index in [0.29, 0.717) is 0 Å². The van der Waals surface area contributed by atoms with Crippen LogP contribution in [0.3, 0.4) is 0 Å². The lowest BCUT2D eigenvalue weighted by Gasteiger charge is -2.51. The molecule has 6 rings (SSSR count). The molecule has 0 N–H and O–H groups in total. The van der Waals surface area contributed by atoms with Gasteiger partial charge in [0.05, 0.1) is 11.1 Å². The Labute approximate surface area is 250 Å². The lowest BCUT2D eigenvalue weighted by atomic mass is 9.57. The maximum absolute atomic E-state index is 5.19. The minimum atomic E-state index is -0.127. The third kappa shape index (κ3) is 4.28. The molecule has 1 aliphatic rings. The van der Waals surface area contributed by atoms with E-state index in [-0.39, 0.29) is 16.4 Å². The highest BCUT2D eigenvalue weighted by Gasteiger charge is 2.56. The zero-order valence-electron chi connectivity index (χ0n) is 26.4. The van der Waals surface area contributed by atoms with Gasteiger partial charge in [-0.25, -0.2) is 4.57 Å². The summed E-state index contributed by atoms with van der Waals surface area (Å²) in [7, 11) is 2.12. The fourth-order valence-corrected chi connectivity index (χ4v) is 7.51. The highest BCUT2D eigenvalue weighted by molar-refractivity contribution is 5.92. The minimum absolute atomic E-state index is 0.0167. The van der Waals surface area contributed by atoms with E-state index in [1.807, 2.05) is 0 Å². The monoisotopic (exact) mass is 559 g/mol. The minimum Gasteiger partial charge on any atom is -0.258 e. The average Bonchev–Trinajstić information content (AvgIpc) is 3.43. The first-order chi connectivity index (χ1) is 20.1. The van der Waals surface area contributed by atoms with Crippen molar-refractivity contribution in [3.8, 4) is 22.6 Å². The fraction of sp³-hybridized carbons (Fsp3) is 0.405. The number of para-hydroxylation sites is 1. The first kappa shape index (κ1) is 28.3. The van der Waals surface area contributed by atoms with E-state index < -0.39 is 0 Å². The first-order valence-corrected chi connectivity index (χ1v) is 15.6. The van der Waals surface area contributed by atoms with Crippen molar-refractivity contribution in [2.45, 2.75) is 90.1 Å². The highest BCUT2D eigenvalue weighted by Crippen LogP contribution is 2.53. The van der Waals surface area contributed by atoms with Gasteiger partial charge >= 0.3 is 0 Å². The SMILES string of the molecule is CCC1(CCCn2nc(C(C)(C)C)cc2-c2cccc[n+]2C)c2ccccc2-c2c3ccccc3nc[n+]2C1(C)CC. The number of aryl methyl sites for hydroxylation is 2. The lowest BCUT2D eigenvalue weighted by molar-refractivity contribution is -0.767. The normalized spacial score (nSPS) is 20.0. The zero-order valence-corrected chi connectivity index (χ0v) is 26.4. The van der Waals surface area contributed by atoms with Gasteiger partial charge in [0.25, 0.3) is 6.33 Å². The van der Waals surface area contributed by atoms with Crippen LogP contribution in [0.15, 0.2) is 85.3 Å². The number of nitrogens with zero attached hydrogens (tertiary/aromatic N) is 5. The molecular formula is C37H45N5+2. The Balaban J connectivity index is 1.43. The number of hydrogen-bond donors (Lipinski definition) is 0. The van der Waals surface area contributed by atoms with Gasteiger partial charge in [0.2, 0.25) is 5.69 Å². The molecule has 0 radical (unpaired) electrons. The van der Waals surface area contributed by atoms with E-state index >= 15 is 0 Å². The van der Waals surface area contributed by atoms with Crippen molar-refractivity contribution in [2.75, 3.05) is 0 Å². The molecule has 0 aliphatic carbocycles. The Kier molecular flexibility index (Phi) is 7.03. The zero-order chi connectivity index (χ0) is 29.7. The van der Waals surface area contributed by atoms with Gasteiger partial charge in [-0.15, -0.1) is 0 Å². The summed E-state index contributed by atoms with van der Waals surface area (Å²) in [6, 6.07) is 26.4. The number of fused-ring (bicyclic) bond motifs is 5. The van der Waals surface area contributed by atoms with Crippen LogP contribution in [-0.4, -0.2) is 14.8 Å². The van der Waals surface area contributed by atoms with Crippen molar-refractivity contribution in [3.05, 3.63) is 96.6 Å². The van der Waals surface area contributed by atoms with Crippen molar-refractivity contribution in [3.63, 3.8) is 0 Å². The predicted molar refractivity (Wildman–Crippen MR) is 170 cm³/mol. The Morgan fingerprint density at radius 1 is 0.905 bits per heavy atom. The molecule has 2 atom stereocenters. The largest absolute Gasteiger partial charge is 0.287 e. The van der Waals surface area contributed by atoms with E-state index in [1.54, 1.807) is 0 Å². The van der Waals surface area contributed by atoms with Crippen LogP contribution in [-0.2, 0) is 30.0 Å². The third-order valence-electron chi connectivity index (χ3n) is 10.1. The molecule has 5 aromatic rings. The van der Waals surface area contributed by atoms with Crippen molar-refractivity contribution < 1.29 is 9.13 Å². The Morgan fingerprint density at radius 3 is 2.38 bits per heavy atom. The fourth-order valence-electron chi connectivity index (χ4n) is 7.51. The summed E-state index contributed by atoms with van der Waals surface area (Å²) in [4.78, 5) is 4.96. The molecule has 0 bridgehead atoms. The van der Waals surface area contributed by atoms with Gasteiger partial charge in [0, 0.05) is 35.1 Å². The number of rotatable bonds is 7. The van der Waals surface area contributed by atoms with E-state index in [4.69, 9.17) is 10.1 Å².